The number of carboxylic acid groups (broad SMARTS) is 1. The molecule has 0 bridgehead atoms. The van der Waals surface area contributed by atoms with E-state index >= 15 is 0 Å². The van der Waals surface area contributed by atoms with E-state index in [1.807, 2.05) is 0 Å². The minimum Gasteiger partial charge on any atom is -0.479 e. The van der Waals surface area contributed by atoms with Gasteiger partial charge in [-0.05, 0) is 17.7 Å². The Balaban J connectivity index is 2.18. The van der Waals surface area contributed by atoms with Gasteiger partial charge in [-0.1, -0.05) is 12.1 Å². The zero-order valence-corrected chi connectivity index (χ0v) is 9.91. The first-order chi connectivity index (χ1) is 8.50. The number of aliphatic carboxylic acids is 1. The maximum atomic E-state index is 11.4. The highest BCUT2D eigenvalue weighted by molar-refractivity contribution is 5.81. The molecule has 1 fully saturated rings. The maximum Gasteiger partial charge on any atom is 0.337 e. The minimum absolute atomic E-state index is 0.0460. The van der Waals surface area contributed by atoms with Crippen LogP contribution in [0.15, 0.2) is 24.3 Å². The molecule has 18 heavy (non-hydrogen) atoms. The third kappa shape index (κ3) is 2.14. The van der Waals surface area contributed by atoms with E-state index in [2.05, 4.69) is 0 Å². The lowest BCUT2D eigenvalue weighted by Crippen LogP contribution is -2.35. The molecule has 1 atom stereocenters. The molecule has 1 aromatic rings. The van der Waals surface area contributed by atoms with E-state index in [1.165, 1.54) is 5.01 Å². The fourth-order valence-corrected chi connectivity index (χ4v) is 1.92. The van der Waals surface area contributed by atoms with E-state index in [0.717, 1.165) is 5.69 Å². The molecule has 0 aliphatic carbocycles. The molecule has 1 saturated heterocycles. The Hall–Kier alpha value is -2.08. The molecule has 0 saturated carbocycles. The lowest BCUT2D eigenvalue weighted by Gasteiger charge is -2.26. The molecule has 1 amide bonds. The number of aliphatic hydroxyl groups excluding tert-OH is 1. The number of carbonyl (C=O) groups is 2. The monoisotopic (exact) mass is 250 g/mol. The van der Waals surface area contributed by atoms with Crippen molar-refractivity contribution in [1.82, 2.24) is 5.01 Å². The molecule has 1 unspecified atom stereocenters. The van der Waals surface area contributed by atoms with Gasteiger partial charge in [0.25, 0.3) is 0 Å². The van der Waals surface area contributed by atoms with E-state index in [1.54, 1.807) is 36.3 Å². The van der Waals surface area contributed by atoms with E-state index in [0.29, 0.717) is 18.5 Å². The number of hydrogen-bond donors (Lipinski definition) is 2. The predicted octanol–water partition coefficient (Wildman–Crippen LogP) is 0.388. The summed E-state index contributed by atoms with van der Waals surface area (Å²) in [5.41, 5.74) is 1.11. The summed E-state index contributed by atoms with van der Waals surface area (Å²) < 4.78 is 0. The van der Waals surface area contributed by atoms with Gasteiger partial charge in [0.05, 0.1) is 5.69 Å². The van der Waals surface area contributed by atoms with Gasteiger partial charge in [-0.25, -0.2) is 4.79 Å². The summed E-state index contributed by atoms with van der Waals surface area (Å²) >= 11 is 0. The Morgan fingerprint density at radius 1 is 1.33 bits per heavy atom. The molecule has 0 spiro atoms. The van der Waals surface area contributed by atoms with Gasteiger partial charge in [-0.15, -0.1) is 0 Å². The van der Waals surface area contributed by atoms with Crippen molar-refractivity contribution in [1.29, 1.82) is 0 Å². The summed E-state index contributed by atoms with van der Waals surface area (Å²) in [4.78, 5) is 22.0. The van der Waals surface area contributed by atoms with Crippen molar-refractivity contribution < 1.29 is 19.8 Å². The second-order valence-corrected chi connectivity index (χ2v) is 4.12. The highest BCUT2D eigenvalue weighted by Crippen LogP contribution is 2.23. The summed E-state index contributed by atoms with van der Waals surface area (Å²) in [5.74, 6) is -1.24. The van der Waals surface area contributed by atoms with Crippen LogP contribution in [-0.4, -0.2) is 40.7 Å². The van der Waals surface area contributed by atoms with Gasteiger partial charge < -0.3 is 10.2 Å². The normalized spacial score (nSPS) is 17.1. The average molecular weight is 250 g/mol. The number of anilines is 1. The fourth-order valence-electron chi connectivity index (χ4n) is 1.92. The van der Waals surface area contributed by atoms with E-state index in [-0.39, 0.29) is 5.91 Å². The van der Waals surface area contributed by atoms with E-state index < -0.39 is 12.1 Å². The number of carbonyl (C=O) groups excluding carboxylic acids is 1. The van der Waals surface area contributed by atoms with Crippen LogP contribution in [0.5, 0.6) is 0 Å². The second kappa shape index (κ2) is 4.66. The number of amides is 1. The number of carboxylic acids is 1. The topological polar surface area (TPSA) is 81.1 Å². The van der Waals surface area contributed by atoms with E-state index in [9.17, 15) is 14.7 Å². The third-order valence-electron chi connectivity index (χ3n) is 3.00. The first-order valence-corrected chi connectivity index (χ1v) is 5.55. The van der Waals surface area contributed by atoms with Crippen LogP contribution in [0.2, 0.25) is 0 Å². The van der Waals surface area contributed by atoms with Crippen LogP contribution in [-0.2, 0) is 9.59 Å². The molecule has 0 radical (unpaired) electrons. The highest BCUT2D eigenvalue weighted by atomic mass is 16.4. The SMILES string of the molecule is CN1C(=O)CCN1c1ccc(C(O)C(=O)O)cc1. The van der Waals surface area contributed by atoms with Crippen LogP contribution in [0.4, 0.5) is 5.69 Å². The first kappa shape index (κ1) is 12.4. The quantitative estimate of drug-likeness (QED) is 0.811. The van der Waals surface area contributed by atoms with Gasteiger partial charge >= 0.3 is 5.97 Å². The fraction of sp³-hybridized carbons (Fsp3) is 0.333. The zero-order chi connectivity index (χ0) is 13.3. The summed E-state index contributed by atoms with van der Waals surface area (Å²) in [6.45, 7) is 0.607. The molecule has 2 rings (SSSR count). The lowest BCUT2D eigenvalue weighted by atomic mass is 10.1. The Morgan fingerprint density at radius 3 is 2.39 bits per heavy atom. The second-order valence-electron chi connectivity index (χ2n) is 4.12. The minimum atomic E-state index is -1.52. The molecular weight excluding hydrogens is 236 g/mol. The maximum absolute atomic E-state index is 11.4. The summed E-state index contributed by atoms with van der Waals surface area (Å²) in [6.07, 6.45) is -1.05. The molecule has 1 aromatic carbocycles. The van der Waals surface area contributed by atoms with Crippen LogP contribution < -0.4 is 5.01 Å². The van der Waals surface area contributed by atoms with Crippen LogP contribution in [0.1, 0.15) is 18.1 Å². The summed E-state index contributed by atoms with van der Waals surface area (Å²) in [5, 5.41) is 21.4. The molecule has 1 heterocycles. The van der Waals surface area contributed by atoms with E-state index in [4.69, 9.17) is 5.11 Å². The summed E-state index contributed by atoms with van der Waals surface area (Å²) in [6, 6.07) is 6.47. The average Bonchev–Trinajstić information content (AvgIpc) is 2.69. The highest BCUT2D eigenvalue weighted by Gasteiger charge is 2.25. The van der Waals surface area contributed by atoms with Crippen molar-refractivity contribution in [2.75, 3.05) is 18.6 Å². The van der Waals surface area contributed by atoms with Gasteiger partial charge in [0, 0.05) is 20.0 Å². The van der Waals surface area contributed by atoms with Gasteiger partial charge in [0.1, 0.15) is 0 Å². The summed E-state index contributed by atoms with van der Waals surface area (Å²) in [7, 11) is 1.69. The van der Waals surface area contributed by atoms with Gasteiger partial charge in [0.2, 0.25) is 5.91 Å². The number of aliphatic hydroxyl groups is 1. The standard InChI is InChI=1S/C12H14N2O4/c1-13-10(15)6-7-14(13)9-4-2-8(3-5-9)11(16)12(17)18/h2-5,11,16H,6-7H2,1H3,(H,17,18). The first-order valence-electron chi connectivity index (χ1n) is 5.55. The smallest absolute Gasteiger partial charge is 0.337 e. The van der Waals surface area contributed by atoms with Gasteiger partial charge in [-0.3, -0.25) is 14.8 Å². The number of nitrogens with zero attached hydrogens (tertiary/aromatic N) is 2. The van der Waals surface area contributed by atoms with Crippen molar-refractivity contribution in [3.63, 3.8) is 0 Å². The number of benzene rings is 1. The van der Waals surface area contributed by atoms with Crippen molar-refractivity contribution in [3.05, 3.63) is 29.8 Å². The van der Waals surface area contributed by atoms with Crippen molar-refractivity contribution in [3.8, 4) is 0 Å². The Labute approximate surface area is 104 Å². The largest absolute Gasteiger partial charge is 0.479 e. The molecular formula is C12H14N2O4. The molecule has 1 aliphatic rings. The number of hydrogen-bond acceptors (Lipinski definition) is 4. The zero-order valence-electron chi connectivity index (χ0n) is 9.91. The van der Waals surface area contributed by atoms with Crippen molar-refractivity contribution >= 4 is 17.6 Å². The van der Waals surface area contributed by atoms with Gasteiger partial charge in [-0.2, -0.15) is 0 Å². The Bertz CT molecular complexity index is 471. The Kier molecular flexibility index (Phi) is 3.20. The molecule has 6 heteroatoms. The Morgan fingerprint density at radius 2 is 1.94 bits per heavy atom. The molecule has 96 valence electrons. The molecule has 2 N–H and O–H groups in total. The molecule has 1 aliphatic heterocycles. The van der Waals surface area contributed by atoms with Crippen LogP contribution in [0.3, 0.4) is 0 Å². The van der Waals surface area contributed by atoms with Crippen LogP contribution in [0, 0.1) is 0 Å². The number of rotatable bonds is 3. The molecule has 6 nitrogen and oxygen atoms in total. The van der Waals surface area contributed by atoms with Crippen molar-refractivity contribution in [2.45, 2.75) is 12.5 Å². The molecule has 0 aromatic heterocycles. The van der Waals surface area contributed by atoms with Gasteiger partial charge in [0.15, 0.2) is 6.10 Å². The number of hydrazine groups is 1. The van der Waals surface area contributed by atoms with Crippen LogP contribution >= 0.6 is 0 Å². The lowest BCUT2D eigenvalue weighted by molar-refractivity contribution is -0.147. The predicted molar refractivity (Wildman–Crippen MR) is 63.8 cm³/mol. The third-order valence-corrected chi connectivity index (χ3v) is 3.00. The van der Waals surface area contributed by atoms with Crippen molar-refractivity contribution in [2.24, 2.45) is 0 Å². The van der Waals surface area contributed by atoms with Crippen LogP contribution in [0.25, 0.3) is 0 Å².